The van der Waals surface area contributed by atoms with Gasteiger partial charge in [-0.1, -0.05) is 29.8 Å². The van der Waals surface area contributed by atoms with Crippen LogP contribution in [0.5, 0.6) is 0 Å². The minimum atomic E-state index is 0.00469. The lowest BCUT2D eigenvalue weighted by molar-refractivity contribution is 0.218. The van der Waals surface area contributed by atoms with Gasteiger partial charge in [-0.25, -0.2) is 9.78 Å². The number of carbonyl (C=O) groups is 1. The van der Waals surface area contributed by atoms with Crippen LogP contribution in [0.4, 0.5) is 10.6 Å². The van der Waals surface area contributed by atoms with Gasteiger partial charge in [-0.3, -0.25) is 10.00 Å². The maximum Gasteiger partial charge on any atom is 0.326 e. The molecule has 0 spiro atoms. The Balaban J connectivity index is 1.48. The average molecular weight is 333 g/mol. The number of nitrogens with zero attached hydrogens (tertiary/aromatic N) is 4. The van der Waals surface area contributed by atoms with E-state index in [0.717, 1.165) is 16.7 Å². The van der Waals surface area contributed by atoms with Crippen molar-refractivity contribution in [2.75, 3.05) is 18.0 Å². The second-order valence-corrected chi connectivity index (χ2v) is 6.24. The van der Waals surface area contributed by atoms with Crippen LogP contribution >= 0.6 is 0 Å². The van der Waals surface area contributed by atoms with Crippen LogP contribution in [0.2, 0.25) is 0 Å². The number of aromatic nitrogens is 3. The smallest absolute Gasteiger partial charge is 0.318 e. The minimum absolute atomic E-state index is 0.00469. The van der Waals surface area contributed by atoms with Gasteiger partial charge in [-0.05, 0) is 24.6 Å². The molecule has 0 bridgehead atoms. The molecule has 0 aliphatic carbocycles. The van der Waals surface area contributed by atoms with Crippen LogP contribution in [0.3, 0.4) is 0 Å². The quantitative estimate of drug-likeness (QED) is 0.797. The zero-order chi connectivity index (χ0) is 17.2. The number of pyridine rings is 1. The standard InChI is InChI=1S/C19H19N5O/c1-14-3-2-4-15(9-14)13-23-7-8-24(19(23)25)18-6-5-16(10-20-18)17-11-21-22-12-17/h2-6,9-12H,7-8,13H2,1H3,(H,21,22). The van der Waals surface area contributed by atoms with Gasteiger partial charge in [0.15, 0.2) is 0 Å². The van der Waals surface area contributed by atoms with E-state index in [1.807, 2.05) is 29.3 Å². The van der Waals surface area contributed by atoms with E-state index >= 15 is 0 Å². The number of rotatable bonds is 4. The molecule has 3 heterocycles. The van der Waals surface area contributed by atoms with Crippen molar-refractivity contribution in [1.29, 1.82) is 0 Å². The van der Waals surface area contributed by atoms with Gasteiger partial charge in [0.05, 0.1) is 6.20 Å². The molecule has 6 heteroatoms. The Morgan fingerprint density at radius 2 is 2.04 bits per heavy atom. The third-order valence-corrected chi connectivity index (χ3v) is 4.41. The van der Waals surface area contributed by atoms with Crippen LogP contribution < -0.4 is 4.90 Å². The van der Waals surface area contributed by atoms with Crippen LogP contribution in [-0.2, 0) is 6.54 Å². The maximum absolute atomic E-state index is 12.7. The summed E-state index contributed by atoms with van der Waals surface area (Å²) in [5.41, 5.74) is 4.31. The zero-order valence-corrected chi connectivity index (χ0v) is 14.0. The zero-order valence-electron chi connectivity index (χ0n) is 14.0. The van der Waals surface area contributed by atoms with Crippen molar-refractivity contribution in [2.24, 2.45) is 0 Å². The summed E-state index contributed by atoms with van der Waals surface area (Å²) in [6.45, 7) is 4.05. The number of aromatic amines is 1. The summed E-state index contributed by atoms with van der Waals surface area (Å²) in [4.78, 5) is 20.8. The van der Waals surface area contributed by atoms with E-state index in [2.05, 4.69) is 40.3 Å². The number of urea groups is 1. The predicted molar refractivity (Wildman–Crippen MR) is 96.1 cm³/mol. The van der Waals surface area contributed by atoms with Crippen molar-refractivity contribution < 1.29 is 4.79 Å². The number of nitrogens with one attached hydrogen (secondary N) is 1. The first-order valence-corrected chi connectivity index (χ1v) is 8.28. The number of benzene rings is 1. The molecule has 0 radical (unpaired) electrons. The molecular formula is C19H19N5O. The number of aryl methyl sites for hydroxylation is 1. The van der Waals surface area contributed by atoms with Gasteiger partial charge in [0.25, 0.3) is 0 Å². The molecule has 1 aromatic carbocycles. The normalized spacial score (nSPS) is 14.4. The highest BCUT2D eigenvalue weighted by Gasteiger charge is 2.30. The molecule has 0 unspecified atom stereocenters. The molecule has 1 N–H and O–H groups in total. The SMILES string of the molecule is Cc1cccc(CN2CCN(c3ccc(-c4cn[nH]c4)cn3)C2=O)c1. The number of H-pyrrole nitrogens is 1. The fourth-order valence-electron chi connectivity index (χ4n) is 3.10. The van der Waals surface area contributed by atoms with Crippen molar-refractivity contribution in [2.45, 2.75) is 13.5 Å². The Morgan fingerprint density at radius 3 is 2.76 bits per heavy atom. The summed E-state index contributed by atoms with van der Waals surface area (Å²) in [5.74, 6) is 0.684. The van der Waals surface area contributed by atoms with E-state index in [0.29, 0.717) is 25.5 Å². The van der Waals surface area contributed by atoms with Gasteiger partial charge >= 0.3 is 6.03 Å². The van der Waals surface area contributed by atoms with Crippen LogP contribution in [0, 0.1) is 6.92 Å². The highest BCUT2D eigenvalue weighted by molar-refractivity contribution is 5.93. The van der Waals surface area contributed by atoms with Gasteiger partial charge in [0.1, 0.15) is 5.82 Å². The van der Waals surface area contributed by atoms with Gasteiger partial charge in [-0.2, -0.15) is 5.10 Å². The van der Waals surface area contributed by atoms with Crippen molar-refractivity contribution in [3.63, 3.8) is 0 Å². The van der Waals surface area contributed by atoms with Gasteiger partial charge < -0.3 is 4.90 Å². The summed E-state index contributed by atoms with van der Waals surface area (Å²) in [6.07, 6.45) is 5.35. The first-order chi connectivity index (χ1) is 12.2. The number of anilines is 1. The lowest BCUT2D eigenvalue weighted by atomic mass is 10.1. The highest BCUT2D eigenvalue weighted by Crippen LogP contribution is 2.23. The molecular weight excluding hydrogens is 314 g/mol. The third-order valence-electron chi connectivity index (χ3n) is 4.41. The largest absolute Gasteiger partial charge is 0.326 e. The van der Waals surface area contributed by atoms with Crippen LogP contribution in [0.15, 0.2) is 55.0 Å². The van der Waals surface area contributed by atoms with Crippen molar-refractivity contribution in [1.82, 2.24) is 20.1 Å². The second kappa shape index (κ2) is 6.39. The molecule has 6 nitrogen and oxygen atoms in total. The van der Waals surface area contributed by atoms with E-state index in [1.54, 1.807) is 17.3 Å². The van der Waals surface area contributed by atoms with E-state index in [-0.39, 0.29) is 6.03 Å². The number of carbonyl (C=O) groups excluding carboxylic acids is 1. The molecule has 25 heavy (non-hydrogen) atoms. The molecule has 1 aliphatic heterocycles. The molecule has 126 valence electrons. The first kappa shape index (κ1) is 15.4. The van der Waals surface area contributed by atoms with E-state index < -0.39 is 0 Å². The number of hydrogen-bond acceptors (Lipinski definition) is 3. The van der Waals surface area contributed by atoms with Gasteiger partial charge in [0.2, 0.25) is 0 Å². The van der Waals surface area contributed by atoms with E-state index in [4.69, 9.17) is 0 Å². The van der Waals surface area contributed by atoms with E-state index in [1.165, 1.54) is 5.56 Å². The van der Waals surface area contributed by atoms with Gasteiger partial charge in [-0.15, -0.1) is 0 Å². The third kappa shape index (κ3) is 3.10. The molecule has 2 amide bonds. The molecule has 4 rings (SSSR count). The molecule has 1 aliphatic rings. The summed E-state index contributed by atoms with van der Waals surface area (Å²) < 4.78 is 0. The topological polar surface area (TPSA) is 65.1 Å². The number of hydrogen-bond donors (Lipinski definition) is 1. The van der Waals surface area contributed by atoms with E-state index in [9.17, 15) is 4.79 Å². The fraction of sp³-hybridized carbons (Fsp3) is 0.211. The average Bonchev–Trinajstić information content (AvgIpc) is 3.27. The Labute approximate surface area is 146 Å². The molecule has 1 fully saturated rings. The molecule has 1 saturated heterocycles. The summed E-state index contributed by atoms with van der Waals surface area (Å²) in [6, 6.07) is 12.1. The summed E-state index contributed by atoms with van der Waals surface area (Å²) in [5, 5.41) is 6.73. The van der Waals surface area contributed by atoms with Crippen LogP contribution in [-0.4, -0.2) is 39.2 Å². The summed E-state index contributed by atoms with van der Waals surface area (Å²) in [7, 11) is 0. The Kier molecular flexibility index (Phi) is 3.93. The highest BCUT2D eigenvalue weighted by atomic mass is 16.2. The predicted octanol–water partition coefficient (Wildman–Crippen LogP) is 3.22. The lowest BCUT2D eigenvalue weighted by Crippen LogP contribution is -2.31. The maximum atomic E-state index is 12.7. The monoisotopic (exact) mass is 333 g/mol. The minimum Gasteiger partial charge on any atom is -0.318 e. The molecule has 0 saturated carbocycles. The van der Waals surface area contributed by atoms with Crippen LogP contribution in [0.1, 0.15) is 11.1 Å². The molecule has 3 aromatic rings. The Morgan fingerprint density at radius 1 is 1.12 bits per heavy atom. The van der Waals surface area contributed by atoms with Crippen molar-refractivity contribution in [3.8, 4) is 11.1 Å². The second-order valence-electron chi connectivity index (χ2n) is 6.24. The number of amides is 2. The molecule has 2 aromatic heterocycles. The Hall–Kier alpha value is -3.15. The fourth-order valence-corrected chi connectivity index (χ4v) is 3.10. The molecule has 0 atom stereocenters. The van der Waals surface area contributed by atoms with Crippen molar-refractivity contribution >= 4 is 11.8 Å². The van der Waals surface area contributed by atoms with Crippen molar-refractivity contribution in [3.05, 3.63) is 66.1 Å². The first-order valence-electron chi connectivity index (χ1n) is 8.28. The van der Waals surface area contributed by atoms with Gasteiger partial charge in [0, 0.05) is 43.2 Å². The lowest BCUT2D eigenvalue weighted by Gasteiger charge is -2.18. The van der Waals surface area contributed by atoms with Crippen LogP contribution in [0.25, 0.3) is 11.1 Å². The summed E-state index contributed by atoms with van der Waals surface area (Å²) >= 11 is 0. The Bertz CT molecular complexity index is 873.